The van der Waals surface area contributed by atoms with Gasteiger partial charge in [-0.15, -0.1) is 0 Å². The molecule has 0 fully saturated rings. The fraction of sp³-hybridized carbons (Fsp3) is 0.250. The molecule has 1 unspecified atom stereocenters. The van der Waals surface area contributed by atoms with Gasteiger partial charge in [0.2, 0.25) is 5.88 Å². The minimum absolute atomic E-state index is 0.120. The van der Waals surface area contributed by atoms with E-state index in [1.54, 1.807) is 18.3 Å². The molecule has 0 spiro atoms. The lowest BCUT2D eigenvalue weighted by Gasteiger charge is -2.19. The van der Waals surface area contributed by atoms with Crippen LogP contribution in [-0.2, 0) is 0 Å². The Bertz CT molecular complexity index is 578. The number of nitriles is 1. The van der Waals surface area contributed by atoms with Crippen LogP contribution in [0.1, 0.15) is 23.7 Å². The molecule has 2 aromatic rings. The minimum Gasteiger partial charge on any atom is -0.468 e. The summed E-state index contributed by atoms with van der Waals surface area (Å²) in [5.41, 5.74) is 1.54. The Hall–Kier alpha value is -2.38. The maximum atomic E-state index is 9.10. The predicted molar refractivity (Wildman–Crippen MR) is 77.3 cm³/mol. The van der Waals surface area contributed by atoms with Crippen molar-refractivity contribution in [2.24, 2.45) is 0 Å². The number of ether oxygens (including phenoxy) is 1. The van der Waals surface area contributed by atoms with Gasteiger partial charge in [0.1, 0.15) is 17.7 Å². The van der Waals surface area contributed by atoms with Crippen LogP contribution in [0.4, 0.5) is 0 Å². The van der Waals surface area contributed by atoms with Crippen LogP contribution in [0.3, 0.4) is 0 Å². The van der Waals surface area contributed by atoms with E-state index in [0.717, 1.165) is 18.5 Å². The molecule has 1 aromatic carbocycles. The summed E-state index contributed by atoms with van der Waals surface area (Å²) in [5, 5.41) is 12.2. The Labute approximate surface area is 119 Å². The molecule has 1 heterocycles. The van der Waals surface area contributed by atoms with Crippen molar-refractivity contribution in [2.45, 2.75) is 12.5 Å². The molecule has 0 saturated carbocycles. The number of rotatable bonds is 6. The van der Waals surface area contributed by atoms with Gasteiger partial charge in [-0.1, -0.05) is 30.3 Å². The Kier molecular flexibility index (Phi) is 5.10. The van der Waals surface area contributed by atoms with Gasteiger partial charge in [-0.25, -0.2) is 4.98 Å². The molecule has 2 rings (SSSR count). The molecule has 4 nitrogen and oxygen atoms in total. The van der Waals surface area contributed by atoms with E-state index in [1.807, 2.05) is 37.4 Å². The van der Waals surface area contributed by atoms with E-state index in [-0.39, 0.29) is 6.10 Å². The average Bonchev–Trinajstić information content (AvgIpc) is 2.52. The normalized spacial score (nSPS) is 11.6. The lowest BCUT2D eigenvalue weighted by Crippen LogP contribution is -2.17. The fourth-order valence-electron chi connectivity index (χ4n) is 1.94. The SMILES string of the molecule is CNCCC(Oc1ncccc1C#N)c1ccccc1. The average molecular weight is 267 g/mol. The van der Waals surface area contributed by atoms with Crippen molar-refractivity contribution in [2.75, 3.05) is 13.6 Å². The molecule has 20 heavy (non-hydrogen) atoms. The van der Waals surface area contributed by atoms with Gasteiger partial charge in [-0.3, -0.25) is 0 Å². The predicted octanol–water partition coefficient (Wildman–Crippen LogP) is 2.68. The zero-order valence-corrected chi connectivity index (χ0v) is 11.4. The highest BCUT2D eigenvalue weighted by atomic mass is 16.5. The monoisotopic (exact) mass is 267 g/mol. The van der Waals surface area contributed by atoms with Gasteiger partial charge in [0.25, 0.3) is 0 Å². The van der Waals surface area contributed by atoms with Crippen LogP contribution in [0.2, 0.25) is 0 Å². The van der Waals surface area contributed by atoms with Crippen LogP contribution in [0.25, 0.3) is 0 Å². The molecule has 0 saturated heterocycles. The third-order valence-corrected chi connectivity index (χ3v) is 2.97. The Morgan fingerprint density at radius 3 is 2.75 bits per heavy atom. The van der Waals surface area contributed by atoms with Crippen LogP contribution in [0, 0.1) is 11.3 Å². The third kappa shape index (κ3) is 3.56. The molecular weight excluding hydrogens is 250 g/mol. The second kappa shape index (κ2) is 7.27. The molecule has 4 heteroatoms. The van der Waals surface area contributed by atoms with Crippen molar-refractivity contribution in [1.29, 1.82) is 5.26 Å². The van der Waals surface area contributed by atoms with Gasteiger partial charge < -0.3 is 10.1 Å². The van der Waals surface area contributed by atoms with Crippen molar-refractivity contribution in [3.8, 4) is 11.9 Å². The number of aromatic nitrogens is 1. The number of hydrogen-bond donors (Lipinski definition) is 1. The maximum Gasteiger partial charge on any atom is 0.232 e. The zero-order chi connectivity index (χ0) is 14.2. The quantitative estimate of drug-likeness (QED) is 0.874. The van der Waals surface area contributed by atoms with Crippen LogP contribution in [0.5, 0.6) is 5.88 Å². The molecule has 0 radical (unpaired) electrons. The fourth-order valence-corrected chi connectivity index (χ4v) is 1.94. The van der Waals surface area contributed by atoms with E-state index in [1.165, 1.54) is 0 Å². The Morgan fingerprint density at radius 2 is 2.05 bits per heavy atom. The summed E-state index contributed by atoms with van der Waals surface area (Å²) in [6, 6.07) is 15.5. The summed E-state index contributed by atoms with van der Waals surface area (Å²) in [5.74, 6) is 0.389. The number of nitrogens with zero attached hydrogens (tertiary/aromatic N) is 2. The lowest BCUT2D eigenvalue weighted by atomic mass is 10.1. The van der Waals surface area contributed by atoms with E-state index < -0.39 is 0 Å². The van der Waals surface area contributed by atoms with Crippen molar-refractivity contribution in [3.05, 3.63) is 59.8 Å². The topological polar surface area (TPSA) is 57.9 Å². The van der Waals surface area contributed by atoms with Crippen LogP contribution >= 0.6 is 0 Å². The van der Waals surface area contributed by atoms with Crippen molar-refractivity contribution >= 4 is 0 Å². The first-order valence-corrected chi connectivity index (χ1v) is 6.56. The Balaban J connectivity index is 2.22. The first-order chi connectivity index (χ1) is 9.85. The minimum atomic E-state index is -0.120. The van der Waals surface area contributed by atoms with Crippen molar-refractivity contribution in [3.63, 3.8) is 0 Å². The standard InChI is InChI=1S/C16H17N3O/c1-18-11-9-15(13-6-3-2-4-7-13)20-16-14(12-17)8-5-10-19-16/h2-8,10,15,18H,9,11H2,1H3. The lowest BCUT2D eigenvalue weighted by molar-refractivity contribution is 0.186. The summed E-state index contributed by atoms with van der Waals surface area (Å²) >= 11 is 0. The van der Waals surface area contributed by atoms with Gasteiger partial charge in [0.15, 0.2) is 0 Å². The summed E-state index contributed by atoms with van der Waals surface area (Å²) in [6.45, 7) is 0.828. The van der Waals surface area contributed by atoms with Gasteiger partial charge in [-0.05, 0) is 31.3 Å². The molecule has 0 bridgehead atoms. The van der Waals surface area contributed by atoms with Crippen molar-refractivity contribution in [1.82, 2.24) is 10.3 Å². The number of hydrogen-bond acceptors (Lipinski definition) is 4. The van der Waals surface area contributed by atoms with E-state index in [9.17, 15) is 0 Å². The molecule has 0 aliphatic rings. The number of benzene rings is 1. The molecule has 1 atom stereocenters. The summed E-state index contributed by atoms with van der Waals surface area (Å²) < 4.78 is 5.95. The summed E-state index contributed by atoms with van der Waals surface area (Å²) in [6.07, 6.45) is 2.32. The van der Waals surface area contributed by atoms with Gasteiger partial charge >= 0.3 is 0 Å². The van der Waals surface area contributed by atoms with E-state index in [2.05, 4.69) is 16.4 Å². The van der Waals surface area contributed by atoms with Crippen LogP contribution in [0.15, 0.2) is 48.7 Å². The van der Waals surface area contributed by atoms with Gasteiger partial charge in [0, 0.05) is 12.6 Å². The van der Waals surface area contributed by atoms with E-state index in [4.69, 9.17) is 10.00 Å². The van der Waals surface area contributed by atoms with Gasteiger partial charge in [0.05, 0.1) is 0 Å². The van der Waals surface area contributed by atoms with Crippen molar-refractivity contribution < 1.29 is 4.74 Å². The number of nitrogens with one attached hydrogen (secondary N) is 1. The first kappa shape index (κ1) is 14.0. The molecule has 102 valence electrons. The molecule has 0 amide bonds. The molecule has 0 aliphatic carbocycles. The Morgan fingerprint density at radius 1 is 1.25 bits per heavy atom. The zero-order valence-electron chi connectivity index (χ0n) is 11.4. The highest BCUT2D eigenvalue weighted by molar-refractivity contribution is 5.37. The van der Waals surface area contributed by atoms with Crippen LogP contribution in [-0.4, -0.2) is 18.6 Å². The molecule has 1 N–H and O–H groups in total. The van der Waals surface area contributed by atoms with E-state index >= 15 is 0 Å². The van der Waals surface area contributed by atoms with E-state index in [0.29, 0.717) is 11.4 Å². The molecule has 0 aliphatic heterocycles. The second-order valence-electron chi connectivity index (χ2n) is 4.38. The second-order valence-corrected chi connectivity index (χ2v) is 4.38. The molecular formula is C16H17N3O. The third-order valence-electron chi connectivity index (χ3n) is 2.97. The first-order valence-electron chi connectivity index (χ1n) is 6.56. The van der Waals surface area contributed by atoms with Crippen LogP contribution < -0.4 is 10.1 Å². The highest BCUT2D eigenvalue weighted by Gasteiger charge is 2.15. The largest absolute Gasteiger partial charge is 0.468 e. The van der Waals surface area contributed by atoms with Gasteiger partial charge in [-0.2, -0.15) is 5.26 Å². The number of pyridine rings is 1. The summed E-state index contributed by atoms with van der Waals surface area (Å²) in [4.78, 5) is 4.16. The highest BCUT2D eigenvalue weighted by Crippen LogP contribution is 2.25. The maximum absolute atomic E-state index is 9.10. The molecule has 1 aromatic heterocycles. The smallest absolute Gasteiger partial charge is 0.232 e. The summed E-state index contributed by atoms with van der Waals surface area (Å²) in [7, 11) is 1.91.